The summed E-state index contributed by atoms with van der Waals surface area (Å²) in [4.78, 5) is 28.0. The van der Waals surface area contributed by atoms with Crippen LogP contribution in [0.2, 0.25) is 0 Å². The third-order valence-corrected chi connectivity index (χ3v) is 6.00. The van der Waals surface area contributed by atoms with Crippen LogP contribution in [0.25, 0.3) is 5.69 Å². The van der Waals surface area contributed by atoms with Gasteiger partial charge >= 0.3 is 0 Å². The molecule has 0 saturated carbocycles. The quantitative estimate of drug-likeness (QED) is 0.667. The molecule has 2 heterocycles. The van der Waals surface area contributed by atoms with E-state index in [0.717, 1.165) is 24.1 Å². The van der Waals surface area contributed by atoms with Crippen molar-refractivity contribution in [3.63, 3.8) is 0 Å². The van der Waals surface area contributed by atoms with Crippen LogP contribution < -0.4 is 5.32 Å². The standard InChI is InChI=1S/C25H28N4O2/c1-25(15-8-9-17-28(25)23(30)21-10-4-2-5-11-21)24(31)26-16-14-20-18-27-29(19-20)22-12-6-3-7-13-22/h2-7,10-13,18-19H,8-9,14-17H2,1H3,(H,26,31). The molecule has 2 amide bonds. The maximum atomic E-state index is 13.2. The minimum Gasteiger partial charge on any atom is -0.354 e. The van der Waals surface area contributed by atoms with Crippen molar-refractivity contribution < 1.29 is 9.59 Å². The van der Waals surface area contributed by atoms with Gasteiger partial charge in [0.15, 0.2) is 0 Å². The number of aromatic nitrogens is 2. The molecule has 1 N–H and O–H groups in total. The van der Waals surface area contributed by atoms with Crippen LogP contribution in [0.3, 0.4) is 0 Å². The first-order valence-corrected chi connectivity index (χ1v) is 10.8. The van der Waals surface area contributed by atoms with Crippen molar-refractivity contribution in [3.05, 3.63) is 84.2 Å². The molecule has 2 aromatic carbocycles. The Morgan fingerprint density at radius 3 is 2.48 bits per heavy atom. The summed E-state index contributed by atoms with van der Waals surface area (Å²) in [5.41, 5.74) is 1.84. The van der Waals surface area contributed by atoms with Crippen LogP contribution in [0, 0.1) is 0 Å². The monoisotopic (exact) mass is 416 g/mol. The highest BCUT2D eigenvalue weighted by atomic mass is 16.2. The highest BCUT2D eigenvalue weighted by Crippen LogP contribution is 2.30. The van der Waals surface area contributed by atoms with Crippen molar-refractivity contribution in [3.8, 4) is 5.69 Å². The molecular formula is C25H28N4O2. The minimum absolute atomic E-state index is 0.0814. The first kappa shape index (κ1) is 20.8. The van der Waals surface area contributed by atoms with Crippen LogP contribution in [-0.4, -0.2) is 45.1 Å². The second kappa shape index (κ2) is 9.16. The summed E-state index contributed by atoms with van der Waals surface area (Å²) in [5.74, 6) is -0.172. The Morgan fingerprint density at radius 1 is 1.03 bits per heavy atom. The highest BCUT2D eigenvalue weighted by Gasteiger charge is 2.43. The summed E-state index contributed by atoms with van der Waals surface area (Å²) in [5, 5.41) is 7.46. The summed E-state index contributed by atoms with van der Waals surface area (Å²) in [7, 11) is 0. The molecule has 1 aliphatic rings. The maximum Gasteiger partial charge on any atom is 0.254 e. The normalized spacial score (nSPS) is 18.5. The predicted octanol–water partition coefficient (Wildman–Crippen LogP) is 3.62. The number of rotatable bonds is 6. The average molecular weight is 417 g/mol. The van der Waals surface area contributed by atoms with E-state index in [1.807, 2.05) is 72.5 Å². The lowest BCUT2D eigenvalue weighted by molar-refractivity contribution is -0.133. The van der Waals surface area contributed by atoms with Crippen LogP contribution in [0.1, 0.15) is 42.1 Å². The van der Waals surface area contributed by atoms with Crippen molar-refractivity contribution in [1.29, 1.82) is 0 Å². The van der Waals surface area contributed by atoms with Gasteiger partial charge in [0.2, 0.25) is 5.91 Å². The third-order valence-electron chi connectivity index (χ3n) is 6.00. The molecule has 0 bridgehead atoms. The topological polar surface area (TPSA) is 67.2 Å². The van der Waals surface area contributed by atoms with Crippen LogP contribution in [0.5, 0.6) is 0 Å². The number of hydrogen-bond donors (Lipinski definition) is 1. The van der Waals surface area contributed by atoms with E-state index in [2.05, 4.69) is 10.4 Å². The molecule has 0 aliphatic carbocycles. The summed E-state index contributed by atoms with van der Waals surface area (Å²) >= 11 is 0. The molecule has 1 aliphatic heterocycles. The lowest BCUT2D eigenvalue weighted by atomic mass is 9.86. The Kier molecular flexibility index (Phi) is 6.16. The van der Waals surface area contributed by atoms with Crippen molar-refractivity contribution >= 4 is 11.8 Å². The van der Waals surface area contributed by atoms with Crippen molar-refractivity contribution in [2.45, 2.75) is 38.1 Å². The first-order chi connectivity index (χ1) is 15.1. The Bertz CT molecular complexity index is 1030. The molecular weight excluding hydrogens is 388 g/mol. The lowest BCUT2D eigenvalue weighted by Crippen LogP contribution is -2.61. The van der Waals surface area contributed by atoms with Gasteiger partial charge in [-0.15, -0.1) is 0 Å². The fourth-order valence-corrected chi connectivity index (χ4v) is 4.14. The molecule has 3 aromatic rings. The van der Waals surface area contributed by atoms with Gasteiger partial charge in [0.05, 0.1) is 11.9 Å². The van der Waals surface area contributed by atoms with E-state index >= 15 is 0 Å². The number of likely N-dealkylation sites (tertiary alicyclic amines) is 1. The van der Waals surface area contributed by atoms with Gasteiger partial charge in [-0.2, -0.15) is 5.10 Å². The number of carbonyl (C=O) groups is 2. The number of piperidine rings is 1. The van der Waals surface area contributed by atoms with E-state index in [9.17, 15) is 9.59 Å². The van der Waals surface area contributed by atoms with Crippen LogP contribution >= 0.6 is 0 Å². The number of amides is 2. The maximum absolute atomic E-state index is 13.2. The summed E-state index contributed by atoms with van der Waals surface area (Å²) in [6.45, 7) is 2.99. The van der Waals surface area contributed by atoms with E-state index in [1.54, 1.807) is 17.0 Å². The fraction of sp³-hybridized carbons (Fsp3) is 0.320. The molecule has 1 aromatic heterocycles. The van der Waals surface area contributed by atoms with E-state index in [-0.39, 0.29) is 11.8 Å². The molecule has 160 valence electrons. The number of carbonyl (C=O) groups excluding carboxylic acids is 2. The molecule has 6 nitrogen and oxygen atoms in total. The van der Waals surface area contributed by atoms with Gasteiger partial charge in [-0.05, 0) is 62.4 Å². The molecule has 31 heavy (non-hydrogen) atoms. The Hall–Kier alpha value is -3.41. The molecule has 1 atom stereocenters. The molecule has 6 heteroatoms. The number of hydrogen-bond acceptors (Lipinski definition) is 3. The van der Waals surface area contributed by atoms with E-state index in [0.29, 0.717) is 31.5 Å². The van der Waals surface area contributed by atoms with Gasteiger partial charge in [0, 0.05) is 24.8 Å². The predicted molar refractivity (Wildman–Crippen MR) is 120 cm³/mol. The number of nitrogens with one attached hydrogen (secondary N) is 1. The van der Waals surface area contributed by atoms with E-state index in [1.165, 1.54) is 0 Å². The smallest absolute Gasteiger partial charge is 0.254 e. The van der Waals surface area contributed by atoms with Crippen LogP contribution in [-0.2, 0) is 11.2 Å². The first-order valence-electron chi connectivity index (χ1n) is 10.8. The molecule has 1 fully saturated rings. The van der Waals surface area contributed by atoms with Gasteiger partial charge in [-0.1, -0.05) is 36.4 Å². The molecule has 1 saturated heterocycles. The molecule has 1 unspecified atom stereocenters. The van der Waals surface area contributed by atoms with Gasteiger partial charge in [-0.25, -0.2) is 4.68 Å². The van der Waals surface area contributed by atoms with Gasteiger partial charge in [0.25, 0.3) is 5.91 Å². The number of nitrogens with zero attached hydrogens (tertiary/aromatic N) is 3. The third kappa shape index (κ3) is 4.53. The summed E-state index contributed by atoms with van der Waals surface area (Å²) in [6, 6.07) is 19.1. The van der Waals surface area contributed by atoms with Crippen molar-refractivity contribution in [1.82, 2.24) is 20.0 Å². The fourth-order valence-electron chi connectivity index (χ4n) is 4.14. The van der Waals surface area contributed by atoms with Gasteiger partial charge < -0.3 is 10.2 Å². The Morgan fingerprint density at radius 2 is 1.74 bits per heavy atom. The molecule has 0 radical (unpaired) electrons. The Labute approximate surface area is 182 Å². The SMILES string of the molecule is CC1(C(=O)NCCc2cnn(-c3ccccc3)c2)CCCCN1C(=O)c1ccccc1. The zero-order valence-corrected chi connectivity index (χ0v) is 17.8. The summed E-state index contributed by atoms with van der Waals surface area (Å²) < 4.78 is 1.83. The molecule has 0 spiro atoms. The second-order valence-electron chi connectivity index (χ2n) is 8.19. The number of para-hydroxylation sites is 1. The van der Waals surface area contributed by atoms with Gasteiger partial charge in [0.1, 0.15) is 5.54 Å². The Balaban J connectivity index is 1.39. The molecule has 4 rings (SSSR count). The number of benzene rings is 2. The highest BCUT2D eigenvalue weighted by molar-refractivity contribution is 5.99. The zero-order valence-electron chi connectivity index (χ0n) is 17.8. The van der Waals surface area contributed by atoms with Crippen LogP contribution in [0.4, 0.5) is 0 Å². The van der Waals surface area contributed by atoms with Crippen molar-refractivity contribution in [2.75, 3.05) is 13.1 Å². The van der Waals surface area contributed by atoms with Gasteiger partial charge in [-0.3, -0.25) is 9.59 Å². The summed E-state index contributed by atoms with van der Waals surface area (Å²) in [6.07, 6.45) is 7.01. The zero-order chi connectivity index (χ0) is 21.7. The van der Waals surface area contributed by atoms with E-state index in [4.69, 9.17) is 0 Å². The van der Waals surface area contributed by atoms with E-state index < -0.39 is 5.54 Å². The largest absolute Gasteiger partial charge is 0.354 e. The second-order valence-corrected chi connectivity index (χ2v) is 8.19. The lowest BCUT2D eigenvalue weighted by Gasteiger charge is -2.43. The van der Waals surface area contributed by atoms with Crippen LogP contribution in [0.15, 0.2) is 73.1 Å². The average Bonchev–Trinajstić information content (AvgIpc) is 3.29. The van der Waals surface area contributed by atoms with Crippen molar-refractivity contribution in [2.24, 2.45) is 0 Å². The minimum atomic E-state index is -0.834.